The summed E-state index contributed by atoms with van der Waals surface area (Å²) in [6.07, 6.45) is 1.76. The number of aromatic amines is 1. The third-order valence-corrected chi connectivity index (χ3v) is 3.99. The van der Waals surface area contributed by atoms with Gasteiger partial charge in [-0.3, -0.25) is 9.89 Å². The van der Waals surface area contributed by atoms with E-state index in [9.17, 15) is 9.18 Å². The van der Waals surface area contributed by atoms with Gasteiger partial charge >= 0.3 is 0 Å². The molecule has 1 fully saturated rings. The number of halogens is 1. The Balaban J connectivity index is 1.65. The van der Waals surface area contributed by atoms with E-state index in [4.69, 9.17) is 4.42 Å². The molecule has 8 heteroatoms. The number of amides is 1. The van der Waals surface area contributed by atoms with Crippen molar-refractivity contribution in [2.45, 2.75) is 38.5 Å². The van der Waals surface area contributed by atoms with E-state index in [1.807, 2.05) is 6.92 Å². The number of furan rings is 1. The number of carbonyl (C=O) groups excluding carboxylic acids is 1. The largest absolute Gasteiger partial charge is 0.459 e. The van der Waals surface area contributed by atoms with Crippen LogP contribution in [0.5, 0.6) is 0 Å². The minimum absolute atomic E-state index is 0.173. The van der Waals surface area contributed by atoms with E-state index >= 15 is 0 Å². The van der Waals surface area contributed by atoms with Gasteiger partial charge in [-0.05, 0) is 12.5 Å². The van der Waals surface area contributed by atoms with Crippen LogP contribution in [0.25, 0.3) is 0 Å². The van der Waals surface area contributed by atoms with Crippen LogP contribution in [0, 0.1) is 0 Å². The van der Waals surface area contributed by atoms with E-state index < -0.39 is 6.17 Å². The second-order valence-electron chi connectivity index (χ2n) is 5.72. The van der Waals surface area contributed by atoms with E-state index in [-0.39, 0.29) is 18.5 Å². The molecule has 0 bridgehead atoms. The molecule has 0 radical (unpaired) electrons. The summed E-state index contributed by atoms with van der Waals surface area (Å²) in [6, 6.07) is 1.63. The molecule has 1 aliphatic heterocycles. The molecule has 0 aliphatic carbocycles. The highest BCUT2D eigenvalue weighted by Gasteiger charge is 2.28. The minimum atomic E-state index is -0.863. The van der Waals surface area contributed by atoms with Crippen LogP contribution in [0.1, 0.15) is 47.2 Å². The van der Waals surface area contributed by atoms with Gasteiger partial charge in [0.15, 0.2) is 11.6 Å². The first-order chi connectivity index (χ1) is 11.1. The van der Waals surface area contributed by atoms with E-state index in [1.54, 1.807) is 13.1 Å². The summed E-state index contributed by atoms with van der Waals surface area (Å²) in [5, 5.41) is 9.96. The van der Waals surface area contributed by atoms with Crippen molar-refractivity contribution >= 4 is 5.91 Å². The summed E-state index contributed by atoms with van der Waals surface area (Å²) in [5.41, 5.74) is 0.879. The van der Waals surface area contributed by atoms with Crippen LogP contribution in [-0.2, 0) is 13.0 Å². The van der Waals surface area contributed by atoms with E-state index in [0.29, 0.717) is 30.4 Å². The van der Waals surface area contributed by atoms with E-state index in [1.165, 1.54) is 11.2 Å². The van der Waals surface area contributed by atoms with Crippen molar-refractivity contribution < 1.29 is 13.6 Å². The van der Waals surface area contributed by atoms with Crippen molar-refractivity contribution in [1.29, 1.82) is 0 Å². The number of carbonyl (C=O) groups is 1. The van der Waals surface area contributed by atoms with Gasteiger partial charge in [-0.2, -0.15) is 5.10 Å². The maximum atomic E-state index is 13.2. The van der Waals surface area contributed by atoms with Crippen LogP contribution < -0.4 is 5.32 Å². The summed E-state index contributed by atoms with van der Waals surface area (Å²) in [5.74, 6) is 1.25. The first-order valence-corrected chi connectivity index (χ1v) is 7.69. The molecule has 2 aromatic rings. The molecule has 2 aromatic heterocycles. The lowest BCUT2D eigenvalue weighted by molar-refractivity contribution is 0.0748. The fourth-order valence-corrected chi connectivity index (χ4v) is 2.70. The van der Waals surface area contributed by atoms with Crippen molar-refractivity contribution in [1.82, 2.24) is 25.4 Å². The number of nitrogens with zero attached hydrogens (tertiary/aromatic N) is 3. The van der Waals surface area contributed by atoms with Crippen LogP contribution >= 0.6 is 0 Å². The lowest BCUT2D eigenvalue weighted by atomic mass is 10.2. The zero-order valence-corrected chi connectivity index (χ0v) is 13.2. The highest BCUT2D eigenvalue weighted by Crippen LogP contribution is 2.22. The van der Waals surface area contributed by atoms with Crippen LogP contribution in [0.2, 0.25) is 0 Å². The Hall–Kier alpha value is -2.22. The van der Waals surface area contributed by atoms with Crippen LogP contribution in [0.3, 0.4) is 0 Å². The van der Waals surface area contributed by atoms with Crippen LogP contribution in [0.4, 0.5) is 4.39 Å². The summed E-state index contributed by atoms with van der Waals surface area (Å²) >= 11 is 0. The molecule has 0 aromatic carbocycles. The smallest absolute Gasteiger partial charge is 0.289 e. The third kappa shape index (κ3) is 3.26. The standard InChI is InChI=1S/C15H20FN5O2/c1-3-9-4-5-23-13(9)15(22)21(2)8-12-18-14(20-19-12)11-6-10(16)7-17-11/h4-5,10-11,17H,3,6-8H2,1-2H3,(H,18,19,20)/t10-,11+/m0/s1. The van der Waals surface area contributed by atoms with Crippen LogP contribution in [-0.4, -0.2) is 45.8 Å². The van der Waals surface area contributed by atoms with Crippen molar-refractivity contribution in [2.24, 2.45) is 0 Å². The predicted octanol–water partition coefficient (Wildman–Crippen LogP) is 1.60. The number of hydrogen-bond donors (Lipinski definition) is 2. The zero-order valence-electron chi connectivity index (χ0n) is 13.2. The SMILES string of the molecule is CCc1ccoc1C(=O)N(C)Cc1nc([C@H]2C[C@H](F)CN2)n[nH]1. The predicted molar refractivity (Wildman–Crippen MR) is 80.5 cm³/mol. The second-order valence-corrected chi connectivity index (χ2v) is 5.72. The number of H-pyrrole nitrogens is 1. The third-order valence-electron chi connectivity index (χ3n) is 3.99. The number of nitrogens with one attached hydrogen (secondary N) is 2. The van der Waals surface area contributed by atoms with Gasteiger partial charge < -0.3 is 14.6 Å². The fourth-order valence-electron chi connectivity index (χ4n) is 2.70. The highest BCUT2D eigenvalue weighted by molar-refractivity contribution is 5.92. The molecule has 0 spiro atoms. The number of aryl methyl sites for hydroxylation is 1. The molecule has 0 saturated carbocycles. The first-order valence-electron chi connectivity index (χ1n) is 7.69. The lowest BCUT2D eigenvalue weighted by Gasteiger charge is -2.14. The quantitative estimate of drug-likeness (QED) is 0.873. The molecule has 3 heterocycles. The van der Waals surface area contributed by atoms with Crippen molar-refractivity contribution in [3.05, 3.63) is 35.3 Å². The first kappa shape index (κ1) is 15.7. The topological polar surface area (TPSA) is 87.1 Å². The molecular formula is C15H20FN5O2. The second kappa shape index (κ2) is 6.49. The Kier molecular flexibility index (Phi) is 4.42. The summed E-state index contributed by atoms with van der Waals surface area (Å²) in [4.78, 5) is 18.3. The monoisotopic (exact) mass is 321 g/mol. The van der Waals surface area contributed by atoms with Crippen molar-refractivity contribution in [2.75, 3.05) is 13.6 Å². The molecule has 1 aliphatic rings. The van der Waals surface area contributed by atoms with Gasteiger partial charge in [0.2, 0.25) is 0 Å². The number of rotatable bonds is 5. The maximum absolute atomic E-state index is 13.2. The number of alkyl halides is 1. The van der Waals surface area contributed by atoms with Gasteiger partial charge in [-0.25, -0.2) is 9.37 Å². The lowest BCUT2D eigenvalue weighted by Crippen LogP contribution is -2.27. The minimum Gasteiger partial charge on any atom is -0.459 e. The molecule has 7 nitrogen and oxygen atoms in total. The Bertz CT molecular complexity index is 683. The highest BCUT2D eigenvalue weighted by atomic mass is 19.1. The normalized spacial score (nSPS) is 20.8. The van der Waals surface area contributed by atoms with Gasteiger partial charge in [0.25, 0.3) is 5.91 Å². The molecule has 23 heavy (non-hydrogen) atoms. The molecule has 2 atom stereocenters. The molecule has 2 N–H and O–H groups in total. The summed E-state index contributed by atoms with van der Waals surface area (Å²) < 4.78 is 18.5. The Morgan fingerprint density at radius 1 is 1.57 bits per heavy atom. The summed E-state index contributed by atoms with van der Waals surface area (Å²) in [6.45, 7) is 2.57. The van der Waals surface area contributed by atoms with Gasteiger partial charge in [0.05, 0.1) is 18.8 Å². The van der Waals surface area contributed by atoms with E-state index in [2.05, 4.69) is 20.5 Å². The number of aromatic nitrogens is 3. The zero-order chi connectivity index (χ0) is 16.4. The average molecular weight is 321 g/mol. The Morgan fingerprint density at radius 2 is 2.39 bits per heavy atom. The van der Waals surface area contributed by atoms with Gasteiger partial charge in [-0.1, -0.05) is 6.92 Å². The molecule has 1 amide bonds. The van der Waals surface area contributed by atoms with Gasteiger partial charge in [0.1, 0.15) is 12.0 Å². The van der Waals surface area contributed by atoms with E-state index in [0.717, 1.165) is 12.0 Å². The Labute approximate surface area is 133 Å². The average Bonchev–Trinajstić information content (AvgIpc) is 3.25. The van der Waals surface area contributed by atoms with Gasteiger partial charge in [-0.15, -0.1) is 0 Å². The molecule has 3 rings (SSSR count). The number of hydrogen-bond acceptors (Lipinski definition) is 5. The van der Waals surface area contributed by atoms with Gasteiger partial charge in [0, 0.05) is 25.6 Å². The Morgan fingerprint density at radius 3 is 3.09 bits per heavy atom. The van der Waals surface area contributed by atoms with Crippen molar-refractivity contribution in [3.63, 3.8) is 0 Å². The molecular weight excluding hydrogens is 301 g/mol. The summed E-state index contributed by atoms with van der Waals surface area (Å²) in [7, 11) is 1.68. The fraction of sp³-hybridized carbons (Fsp3) is 0.533. The maximum Gasteiger partial charge on any atom is 0.289 e. The van der Waals surface area contributed by atoms with Crippen molar-refractivity contribution in [3.8, 4) is 0 Å². The molecule has 0 unspecified atom stereocenters. The molecule has 1 saturated heterocycles. The molecule has 124 valence electrons. The van der Waals surface area contributed by atoms with Crippen LogP contribution in [0.15, 0.2) is 16.7 Å².